The first-order valence-electron chi connectivity index (χ1n) is 5.99. The molecule has 1 rings (SSSR count). The summed E-state index contributed by atoms with van der Waals surface area (Å²) in [6, 6.07) is 0.339. The van der Waals surface area contributed by atoms with E-state index in [-0.39, 0.29) is 0 Å². The van der Waals surface area contributed by atoms with E-state index in [1.54, 1.807) is 7.11 Å². The van der Waals surface area contributed by atoms with E-state index in [1.165, 1.54) is 0 Å². The van der Waals surface area contributed by atoms with Gasteiger partial charge in [-0.15, -0.1) is 0 Å². The molecule has 0 bridgehead atoms. The van der Waals surface area contributed by atoms with Gasteiger partial charge >= 0.3 is 0 Å². The van der Waals surface area contributed by atoms with Gasteiger partial charge in [-0.05, 0) is 25.2 Å². The molecule has 0 aromatic carbocycles. The van der Waals surface area contributed by atoms with E-state index in [0.29, 0.717) is 25.2 Å². The maximum Gasteiger partial charge on any atom is 0.0700 e. The average Bonchev–Trinajstić information content (AvgIpc) is 2.35. The van der Waals surface area contributed by atoms with Crippen molar-refractivity contribution in [1.82, 2.24) is 5.43 Å². The Balaban J connectivity index is 2.10. The largest absolute Gasteiger partial charge is 0.382 e. The minimum Gasteiger partial charge on any atom is -0.382 e. The van der Waals surface area contributed by atoms with E-state index in [2.05, 4.69) is 5.43 Å². The van der Waals surface area contributed by atoms with Crippen LogP contribution in [0.5, 0.6) is 0 Å². The molecule has 96 valence electrons. The van der Waals surface area contributed by atoms with Crippen molar-refractivity contribution >= 4 is 0 Å². The highest BCUT2D eigenvalue weighted by Crippen LogP contribution is 2.20. The zero-order valence-corrected chi connectivity index (χ0v) is 10.1. The van der Waals surface area contributed by atoms with Crippen LogP contribution in [0.2, 0.25) is 0 Å². The van der Waals surface area contributed by atoms with Crippen LogP contribution < -0.4 is 11.3 Å². The lowest BCUT2D eigenvalue weighted by atomic mass is 9.90. The molecule has 5 heteroatoms. The Morgan fingerprint density at radius 1 is 1.31 bits per heavy atom. The minimum atomic E-state index is 0.339. The molecule has 16 heavy (non-hydrogen) atoms. The Labute approximate surface area is 97.6 Å². The van der Waals surface area contributed by atoms with Crippen molar-refractivity contribution < 1.29 is 14.2 Å². The van der Waals surface area contributed by atoms with Crippen molar-refractivity contribution in [3.05, 3.63) is 0 Å². The molecule has 0 aromatic rings. The Kier molecular flexibility index (Phi) is 7.71. The van der Waals surface area contributed by atoms with Gasteiger partial charge in [0.1, 0.15) is 0 Å². The van der Waals surface area contributed by atoms with Crippen LogP contribution in [0.15, 0.2) is 0 Å². The van der Waals surface area contributed by atoms with E-state index in [1.807, 2.05) is 0 Å². The number of nitrogens with one attached hydrogen (secondary N) is 1. The monoisotopic (exact) mass is 232 g/mol. The molecule has 1 unspecified atom stereocenters. The van der Waals surface area contributed by atoms with Gasteiger partial charge in [-0.3, -0.25) is 11.3 Å². The lowest BCUT2D eigenvalue weighted by Crippen LogP contribution is -2.43. The summed E-state index contributed by atoms with van der Waals surface area (Å²) in [5, 5.41) is 0. The number of hydrazine groups is 1. The number of ether oxygens (including phenoxy) is 3. The van der Waals surface area contributed by atoms with Crippen LogP contribution in [0.4, 0.5) is 0 Å². The summed E-state index contributed by atoms with van der Waals surface area (Å²) in [6.45, 7) is 3.75. The van der Waals surface area contributed by atoms with Crippen molar-refractivity contribution in [2.75, 3.05) is 40.1 Å². The smallest absolute Gasteiger partial charge is 0.0700 e. The molecule has 0 aliphatic carbocycles. The number of hydrogen-bond donors (Lipinski definition) is 2. The van der Waals surface area contributed by atoms with Crippen LogP contribution in [0.25, 0.3) is 0 Å². The quantitative estimate of drug-likeness (QED) is 0.358. The first-order chi connectivity index (χ1) is 7.88. The fraction of sp³-hybridized carbons (Fsp3) is 1.00. The molecule has 1 saturated heterocycles. The maximum absolute atomic E-state index is 5.57. The highest BCUT2D eigenvalue weighted by Gasteiger charge is 2.22. The highest BCUT2D eigenvalue weighted by atomic mass is 16.5. The fourth-order valence-corrected chi connectivity index (χ4v) is 2.03. The van der Waals surface area contributed by atoms with Crippen molar-refractivity contribution in [2.45, 2.75) is 25.3 Å². The van der Waals surface area contributed by atoms with Crippen LogP contribution in [-0.4, -0.2) is 46.2 Å². The predicted octanol–water partition coefficient (Wildman–Crippen LogP) is 0.298. The third kappa shape index (κ3) is 5.23. The Morgan fingerprint density at radius 2 is 2.06 bits per heavy atom. The number of hydrogen-bond acceptors (Lipinski definition) is 5. The van der Waals surface area contributed by atoms with Crippen LogP contribution in [0, 0.1) is 5.92 Å². The summed E-state index contributed by atoms with van der Waals surface area (Å²) in [6.07, 6.45) is 3.13. The van der Waals surface area contributed by atoms with E-state index in [9.17, 15) is 0 Å². The minimum absolute atomic E-state index is 0.339. The summed E-state index contributed by atoms with van der Waals surface area (Å²) in [5.74, 6) is 6.19. The van der Waals surface area contributed by atoms with Gasteiger partial charge in [0, 0.05) is 33.0 Å². The van der Waals surface area contributed by atoms with Crippen molar-refractivity contribution in [1.29, 1.82) is 0 Å². The zero-order valence-electron chi connectivity index (χ0n) is 10.1. The standard InChI is InChI=1S/C11H24N2O3/c1-14-8-9-16-7-4-11(13-12)10-2-5-15-6-3-10/h10-11,13H,2-9,12H2,1H3. The fourth-order valence-electron chi connectivity index (χ4n) is 2.03. The van der Waals surface area contributed by atoms with Gasteiger partial charge < -0.3 is 14.2 Å². The third-order valence-electron chi connectivity index (χ3n) is 3.05. The molecule has 3 N–H and O–H groups in total. The Hall–Kier alpha value is -0.200. The van der Waals surface area contributed by atoms with Crippen LogP contribution in [-0.2, 0) is 14.2 Å². The third-order valence-corrected chi connectivity index (χ3v) is 3.05. The van der Waals surface area contributed by atoms with Crippen molar-refractivity contribution in [3.8, 4) is 0 Å². The molecular weight excluding hydrogens is 208 g/mol. The number of rotatable bonds is 8. The van der Waals surface area contributed by atoms with Gasteiger partial charge in [0.15, 0.2) is 0 Å². The summed E-state index contributed by atoms with van der Waals surface area (Å²) in [4.78, 5) is 0. The molecule has 1 atom stereocenters. The predicted molar refractivity (Wildman–Crippen MR) is 62.0 cm³/mol. The molecule has 1 aliphatic heterocycles. The average molecular weight is 232 g/mol. The molecule has 1 heterocycles. The SMILES string of the molecule is COCCOCCC(NN)C1CCOCC1. The molecule has 0 spiro atoms. The molecule has 1 fully saturated rings. The molecular formula is C11H24N2O3. The molecule has 0 amide bonds. The van der Waals surface area contributed by atoms with Gasteiger partial charge in [-0.2, -0.15) is 0 Å². The van der Waals surface area contributed by atoms with Crippen LogP contribution >= 0.6 is 0 Å². The van der Waals surface area contributed by atoms with E-state index < -0.39 is 0 Å². The van der Waals surface area contributed by atoms with Gasteiger partial charge in [-0.1, -0.05) is 0 Å². The van der Waals surface area contributed by atoms with E-state index in [4.69, 9.17) is 20.1 Å². The van der Waals surface area contributed by atoms with Gasteiger partial charge in [0.2, 0.25) is 0 Å². The van der Waals surface area contributed by atoms with Gasteiger partial charge in [0.25, 0.3) is 0 Å². The molecule has 1 aliphatic rings. The summed E-state index contributed by atoms with van der Waals surface area (Å²) < 4.78 is 15.7. The summed E-state index contributed by atoms with van der Waals surface area (Å²) in [7, 11) is 1.68. The van der Waals surface area contributed by atoms with E-state index >= 15 is 0 Å². The number of methoxy groups -OCH3 is 1. The summed E-state index contributed by atoms with van der Waals surface area (Å²) in [5.41, 5.74) is 2.90. The molecule has 0 radical (unpaired) electrons. The van der Waals surface area contributed by atoms with Crippen LogP contribution in [0.1, 0.15) is 19.3 Å². The van der Waals surface area contributed by atoms with Crippen molar-refractivity contribution in [2.24, 2.45) is 11.8 Å². The lowest BCUT2D eigenvalue weighted by Gasteiger charge is -2.29. The normalized spacial score (nSPS) is 19.9. The van der Waals surface area contributed by atoms with Gasteiger partial charge in [-0.25, -0.2) is 0 Å². The number of nitrogens with two attached hydrogens (primary N) is 1. The molecule has 0 saturated carbocycles. The summed E-state index contributed by atoms with van der Waals surface area (Å²) >= 11 is 0. The first-order valence-corrected chi connectivity index (χ1v) is 5.99. The second-order valence-electron chi connectivity index (χ2n) is 4.12. The van der Waals surface area contributed by atoms with E-state index in [0.717, 1.165) is 39.1 Å². The first kappa shape index (κ1) is 13.9. The van der Waals surface area contributed by atoms with Crippen LogP contribution in [0.3, 0.4) is 0 Å². The highest BCUT2D eigenvalue weighted by molar-refractivity contribution is 4.76. The Morgan fingerprint density at radius 3 is 2.69 bits per heavy atom. The lowest BCUT2D eigenvalue weighted by molar-refractivity contribution is 0.0373. The Bertz CT molecular complexity index is 163. The zero-order chi connectivity index (χ0) is 11.6. The molecule has 5 nitrogen and oxygen atoms in total. The topological polar surface area (TPSA) is 65.7 Å². The van der Waals surface area contributed by atoms with Crippen molar-refractivity contribution in [3.63, 3.8) is 0 Å². The maximum atomic E-state index is 5.57. The second kappa shape index (κ2) is 8.90. The molecule has 0 aromatic heterocycles. The van der Waals surface area contributed by atoms with Gasteiger partial charge in [0.05, 0.1) is 13.2 Å². The second-order valence-corrected chi connectivity index (χ2v) is 4.12.